The summed E-state index contributed by atoms with van der Waals surface area (Å²) in [5.41, 5.74) is 0. The van der Waals surface area contributed by atoms with E-state index in [9.17, 15) is 0 Å². The minimum absolute atomic E-state index is 0.855. The maximum Gasteiger partial charge on any atom is 0.0289 e. The maximum atomic E-state index is 3.64. The van der Waals surface area contributed by atoms with Crippen LogP contribution in [0.4, 0.5) is 0 Å². The molecule has 0 amide bonds. The monoisotopic (exact) mass is 166 g/mol. The minimum Gasteiger partial charge on any atom is -0.312 e. The predicted molar refractivity (Wildman–Crippen MR) is 49.1 cm³/mol. The fourth-order valence-corrected chi connectivity index (χ4v) is 3.40. The van der Waals surface area contributed by atoms with Crippen LogP contribution in [0.2, 0.25) is 0 Å². The number of rotatable bonds is 1. The van der Waals surface area contributed by atoms with Crippen molar-refractivity contribution in [3.05, 3.63) is 0 Å². The van der Waals surface area contributed by atoms with Gasteiger partial charge in [0.05, 0.1) is 0 Å². The molecule has 1 saturated carbocycles. The summed E-state index contributed by atoms with van der Waals surface area (Å²) in [5, 5.41) is 3.64. The molecule has 1 N–H and O–H groups in total. The van der Waals surface area contributed by atoms with E-state index in [2.05, 4.69) is 10.2 Å². The van der Waals surface area contributed by atoms with Crippen LogP contribution in [-0.4, -0.2) is 36.6 Å². The fourth-order valence-electron chi connectivity index (χ4n) is 3.40. The lowest BCUT2D eigenvalue weighted by Gasteiger charge is -2.26. The third-order valence-electron chi connectivity index (χ3n) is 3.95. The van der Waals surface area contributed by atoms with E-state index in [1.54, 1.807) is 0 Å². The summed E-state index contributed by atoms with van der Waals surface area (Å²) < 4.78 is 0. The van der Waals surface area contributed by atoms with E-state index in [4.69, 9.17) is 0 Å². The highest BCUT2D eigenvalue weighted by atomic mass is 15.2. The molecule has 12 heavy (non-hydrogen) atoms. The fraction of sp³-hybridized carbons (Fsp3) is 1.00. The lowest BCUT2D eigenvalue weighted by atomic mass is 10.1. The van der Waals surface area contributed by atoms with E-state index in [-0.39, 0.29) is 0 Å². The first-order valence-corrected chi connectivity index (χ1v) is 5.42. The summed E-state index contributed by atoms with van der Waals surface area (Å²) in [6.45, 7) is 4.05. The van der Waals surface area contributed by atoms with Crippen LogP contribution in [0.15, 0.2) is 0 Å². The highest BCUT2D eigenvalue weighted by molar-refractivity contribution is 5.03. The first-order chi connectivity index (χ1) is 5.95. The molecular formula is C10H18N2. The summed E-state index contributed by atoms with van der Waals surface area (Å²) in [5.74, 6) is 0.994. The largest absolute Gasteiger partial charge is 0.312 e. The van der Waals surface area contributed by atoms with Crippen molar-refractivity contribution in [1.82, 2.24) is 10.2 Å². The first-order valence-electron chi connectivity index (χ1n) is 5.42. The highest BCUT2D eigenvalue weighted by Gasteiger charge is 2.44. The zero-order valence-corrected chi connectivity index (χ0v) is 7.63. The Morgan fingerprint density at radius 3 is 2.42 bits per heavy atom. The van der Waals surface area contributed by atoms with Gasteiger partial charge in [-0.25, -0.2) is 0 Å². The zero-order valence-electron chi connectivity index (χ0n) is 7.63. The molecule has 3 atom stereocenters. The van der Waals surface area contributed by atoms with Gasteiger partial charge < -0.3 is 5.32 Å². The maximum absolute atomic E-state index is 3.64. The summed E-state index contributed by atoms with van der Waals surface area (Å²) in [7, 11) is 0. The number of fused-ring (bicyclic) bond motifs is 2. The average Bonchev–Trinajstić information content (AvgIpc) is 2.78. The normalized spacial score (nSPS) is 47.5. The second kappa shape index (κ2) is 2.71. The van der Waals surface area contributed by atoms with Crippen molar-refractivity contribution in [3.63, 3.8) is 0 Å². The lowest BCUT2D eigenvalue weighted by molar-refractivity contribution is 0.215. The van der Waals surface area contributed by atoms with Gasteiger partial charge in [0.25, 0.3) is 0 Å². The zero-order chi connectivity index (χ0) is 7.97. The van der Waals surface area contributed by atoms with E-state index in [0.717, 1.165) is 18.0 Å². The number of nitrogens with zero attached hydrogens (tertiary/aromatic N) is 1. The minimum atomic E-state index is 0.855. The summed E-state index contributed by atoms with van der Waals surface area (Å²) in [4.78, 5) is 2.74. The number of hydrogen-bond donors (Lipinski definition) is 1. The number of hydrogen-bond acceptors (Lipinski definition) is 2. The molecule has 3 fully saturated rings. The summed E-state index contributed by atoms with van der Waals surface area (Å²) in [6.07, 6.45) is 5.80. The van der Waals surface area contributed by atoms with Crippen molar-refractivity contribution >= 4 is 0 Å². The van der Waals surface area contributed by atoms with Gasteiger partial charge in [0.2, 0.25) is 0 Å². The van der Waals surface area contributed by atoms with E-state index in [1.807, 2.05) is 0 Å². The van der Waals surface area contributed by atoms with Gasteiger partial charge in [0.1, 0.15) is 0 Å². The molecule has 3 unspecified atom stereocenters. The van der Waals surface area contributed by atoms with Crippen LogP contribution < -0.4 is 5.32 Å². The quantitative estimate of drug-likeness (QED) is 0.621. The van der Waals surface area contributed by atoms with Gasteiger partial charge in [-0.2, -0.15) is 0 Å². The molecule has 2 heterocycles. The second-order valence-electron chi connectivity index (χ2n) is 4.59. The van der Waals surface area contributed by atoms with Crippen molar-refractivity contribution in [2.45, 2.75) is 37.8 Å². The Bertz CT molecular complexity index is 155. The molecular weight excluding hydrogens is 148 g/mol. The molecule has 2 nitrogen and oxygen atoms in total. The molecule has 0 aromatic rings. The Kier molecular flexibility index (Phi) is 1.66. The van der Waals surface area contributed by atoms with Crippen LogP contribution in [0, 0.1) is 5.92 Å². The van der Waals surface area contributed by atoms with E-state index in [1.165, 1.54) is 45.3 Å². The predicted octanol–water partition coefficient (Wildman–Crippen LogP) is 0.833. The van der Waals surface area contributed by atoms with Gasteiger partial charge in [-0.3, -0.25) is 4.90 Å². The number of nitrogens with one attached hydrogen (secondary N) is 1. The van der Waals surface area contributed by atoms with Crippen LogP contribution in [0.5, 0.6) is 0 Å². The van der Waals surface area contributed by atoms with Gasteiger partial charge >= 0.3 is 0 Å². The van der Waals surface area contributed by atoms with Crippen LogP contribution in [0.25, 0.3) is 0 Å². The molecule has 3 rings (SSSR count). The molecule has 3 aliphatic rings. The van der Waals surface area contributed by atoms with Crippen LogP contribution in [-0.2, 0) is 0 Å². The molecule has 0 aromatic carbocycles. The van der Waals surface area contributed by atoms with E-state index in [0.29, 0.717) is 0 Å². The molecule has 0 radical (unpaired) electrons. The third-order valence-corrected chi connectivity index (χ3v) is 3.95. The molecule has 2 bridgehead atoms. The van der Waals surface area contributed by atoms with Crippen LogP contribution in [0.3, 0.4) is 0 Å². The van der Waals surface area contributed by atoms with E-state index >= 15 is 0 Å². The summed E-state index contributed by atoms with van der Waals surface area (Å²) in [6, 6.07) is 1.78. The van der Waals surface area contributed by atoms with Crippen molar-refractivity contribution in [2.75, 3.05) is 19.6 Å². The van der Waals surface area contributed by atoms with Gasteiger partial charge in [0.15, 0.2) is 0 Å². The van der Waals surface area contributed by atoms with E-state index < -0.39 is 0 Å². The Balaban J connectivity index is 1.75. The van der Waals surface area contributed by atoms with Crippen LogP contribution >= 0.6 is 0 Å². The molecule has 2 heteroatoms. The number of likely N-dealkylation sites (tertiary alicyclic amines) is 1. The Labute approximate surface area is 74.3 Å². The Morgan fingerprint density at radius 2 is 1.92 bits per heavy atom. The smallest absolute Gasteiger partial charge is 0.0289 e. The molecule has 2 saturated heterocycles. The standard InChI is InChI=1S/C10H18N2/c1-2-6-12(5-1)10-8-3-4-9(10)11-7-8/h8-11H,1-7H2. The average molecular weight is 166 g/mol. The molecule has 0 aromatic heterocycles. The van der Waals surface area contributed by atoms with Gasteiger partial charge in [-0.15, -0.1) is 0 Å². The molecule has 0 spiro atoms. The number of piperidine rings is 1. The van der Waals surface area contributed by atoms with Gasteiger partial charge in [-0.1, -0.05) is 0 Å². The lowest BCUT2D eigenvalue weighted by Crippen LogP contribution is -2.40. The van der Waals surface area contributed by atoms with Crippen molar-refractivity contribution in [3.8, 4) is 0 Å². The van der Waals surface area contributed by atoms with Crippen molar-refractivity contribution in [2.24, 2.45) is 5.92 Å². The molecule has 68 valence electrons. The van der Waals surface area contributed by atoms with Gasteiger partial charge in [0, 0.05) is 12.1 Å². The highest BCUT2D eigenvalue weighted by Crippen LogP contribution is 2.36. The first kappa shape index (κ1) is 7.34. The van der Waals surface area contributed by atoms with Gasteiger partial charge in [-0.05, 0) is 51.2 Å². The Morgan fingerprint density at radius 1 is 1.08 bits per heavy atom. The molecule has 2 aliphatic heterocycles. The second-order valence-corrected chi connectivity index (χ2v) is 4.59. The topological polar surface area (TPSA) is 15.3 Å². The van der Waals surface area contributed by atoms with Crippen molar-refractivity contribution < 1.29 is 0 Å². The summed E-state index contributed by atoms with van der Waals surface area (Å²) >= 11 is 0. The SMILES string of the molecule is C1CCN(C2C3CCC2NC3)C1. The third kappa shape index (κ3) is 0.944. The molecule has 1 aliphatic carbocycles. The van der Waals surface area contributed by atoms with Crippen LogP contribution in [0.1, 0.15) is 25.7 Å². The Hall–Kier alpha value is -0.0800. The van der Waals surface area contributed by atoms with Crippen molar-refractivity contribution in [1.29, 1.82) is 0 Å².